The van der Waals surface area contributed by atoms with Crippen molar-refractivity contribution in [2.24, 2.45) is 5.92 Å². The fraction of sp³-hybridized carbons (Fsp3) is 0.593. The molecule has 2 saturated heterocycles. The van der Waals surface area contributed by atoms with Gasteiger partial charge in [0.1, 0.15) is 5.82 Å². The zero-order chi connectivity index (χ0) is 24.2. The van der Waals surface area contributed by atoms with Crippen LogP contribution in [0.25, 0.3) is 11.9 Å². The van der Waals surface area contributed by atoms with Gasteiger partial charge in [-0.05, 0) is 71.1 Å². The lowest BCUT2D eigenvalue weighted by Gasteiger charge is -2.33. The molecule has 34 heavy (non-hydrogen) atoms. The van der Waals surface area contributed by atoms with E-state index < -0.39 is 0 Å². The number of rotatable bonds is 5. The average molecular weight is 466 g/mol. The van der Waals surface area contributed by atoms with Crippen LogP contribution in [-0.4, -0.2) is 62.1 Å². The summed E-state index contributed by atoms with van der Waals surface area (Å²) in [5.74, 6) is 1.43. The van der Waals surface area contributed by atoms with Gasteiger partial charge in [-0.1, -0.05) is 12.8 Å². The van der Waals surface area contributed by atoms with Gasteiger partial charge in [0.15, 0.2) is 0 Å². The molecule has 4 heterocycles. The highest BCUT2D eigenvalue weighted by Crippen LogP contribution is 2.25. The minimum absolute atomic E-state index is 0.0256. The number of hydrogen-bond donors (Lipinski definition) is 0. The van der Waals surface area contributed by atoms with Crippen LogP contribution < -0.4 is 0 Å². The van der Waals surface area contributed by atoms with Crippen LogP contribution in [0.15, 0.2) is 24.4 Å². The van der Waals surface area contributed by atoms with Gasteiger partial charge in [-0.3, -0.25) is 9.59 Å². The van der Waals surface area contributed by atoms with E-state index in [0.29, 0.717) is 19.0 Å². The van der Waals surface area contributed by atoms with Crippen molar-refractivity contribution in [2.45, 2.75) is 72.3 Å². The summed E-state index contributed by atoms with van der Waals surface area (Å²) in [4.78, 5) is 29.8. The molecule has 4 rings (SSSR count). The Kier molecular flexibility index (Phi) is 7.59. The van der Waals surface area contributed by atoms with Crippen LogP contribution in [0.4, 0.5) is 0 Å². The summed E-state index contributed by atoms with van der Waals surface area (Å²) in [5.41, 5.74) is 3.24. The molecule has 0 aliphatic carbocycles. The van der Waals surface area contributed by atoms with Gasteiger partial charge in [-0.15, -0.1) is 0 Å². The lowest BCUT2D eigenvalue weighted by atomic mass is 9.95. The Morgan fingerprint density at radius 1 is 1.00 bits per heavy atom. The van der Waals surface area contributed by atoms with E-state index in [1.807, 2.05) is 27.9 Å². The van der Waals surface area contributed by atoms with Gasteiger partial charge in [0.25, 0.3) is 0 Å². The smallest absolute Gasteiger partial charge is 0.246 e. The van der Waals surface area contributed by atoms with E-state index in [2.05, 4.69) is 48.3 Å². The molecule has 0 atom stereocenters. The quantitative estimate of drug-likeness (QED) is 0.610. The van der Waals surface area contributed by atoms with Crippen molar-refractivity contribution in [2.75, 3.05) is 26.2 Å². The predicted molar refractivity (Wildman–Crippen MR) is 135 cm³/mol. The zero-order valence-corrected chi connectivity index (χ0v) is 21.2. The molecule has 2 amide bonds. The van der Waals surface area contributed by atoms with Crippen molar-refractivity contribution in [3.8, 4) is 5.82 Å². The third-order valence-corrected chi connectivity index (χ3v) is 7.32. The number of carbonyl (C=O) groups excluding carboxylic acids is 2. The largest absolute Gasteiger partial charge is 0.342 e. The summed E-state index contributed by atoms with van der Waals surface area (Å²) in [7, 11) is 0. The predicted octanol–water partition coefficient (Wildman–Crippen LogP) is 4.53. The molecular formula is C27H39N5O2. The lowest BCUT2D eigenvalue weighted by molar-refractivity contribution is -0.139. The standard InChI is InChI=1S/C27H39N5O2/c1-20(2)32-25(11-14-28-32)31-21(3)19-24(22(31)4)9-10-26(33)29-17-12-23(13-18-29)27(34)30-15-7-5-6-8-16-30/h9-11,14,19-20,23H,5-8,12-13,15-18H2,1-4H3. The first-order valence-corrected chi connectivity index (χ1v) is 12.9. The van der Waals surface area contributed by atoms with E-state index in [-0.39, 0.29) is 17.9 Å². The molecule has 2 aromatic heterocycles. The van der Waals surface area contributed by atoms with E-state index in [1.54, 1.807) is 6.08 Å². The Labute approximate surface area is 203 Å². The van der Waals surface area contributed by atoms with Gasteiger partial charge in [0, 0.05) is 61.7 Å². The van der Waals surface area contributed by atoms with E-state index in [4.69, 9.17) is 0 Å². The molecule has 0 saturated carbocycles. The first kappa shape index (κ1) is 24.3. The number of aromatic nitrogens is 3. The van der Waals surface area contributed by atoms with Gasteiger partial charge < -0.3 is 14.4 Å². The zero-order valence-electron chi connectivity index (χ0n) is 21.2. The fourth-order valence-corrected chi connectivity index (χ4v) is 5.35. The number of piperidine rings is 1. The van der Waals surface area contributed by atoms with Gasteiger partial charge in [-0.2, -0.15) is 5.10 Å². The summed E-state index contributed by atoms with van der Waals surface area (Å²) in [6.07, 6.45) is 11.7. The minimum Gasteiger partial charge on any atom is -0.342 e. The van der Waals surface area contributed by atoms with Crippen LogP contribution in [0.3, 0.4) is 0 Å². The van der Waals surface area contributed by atoms with Crippen molar-refractivity contribution in [3.63, 3.8) is 0 Å². The van der Waals surface area contributed by atoms with Crippen LogP contribution in [0, 0.1) is 19.8 Å². The fourth-order valence-electron chi connectivity index (χ4n) is 5.35. The van der Waals surface area contributed by atoms with E-state index in [1.165, 1.54) is 12.8 Å². The maximum Gasteiger partial charge on any atom is 0.246 e. The van der Waals surface area contributed by atoms with Crippen molar-refractivity contribution < 1.29 is 9.59 Å². The molecule has 184 valence electrons. The molecule has 7 nitrogen and oxygen atoms in total. The SMILES string of the molecule is Cc1cc(C=CC(=O)N2CCC(C(=O)N3CCCCCC3)CC2)c(C)n1-c1ccnn1C(C)C. The Balaban J connectivity index is 1.37. The molecule has 0 aromatic carbocycles. The average Bonchev–Trinajstić information content (AvgIpc) is 3.29. The highest BCUT2D eigenvalue weighted by atomic mass is 16.2. The summed E-state index contributed by atoms with van der Waals surface area (Å²) < 4.78 is 4.20. The number of aryl methyl sites for hydroxylation is 1. The van der Waals surface area contributed by atoms with Crippen LogP contribution in [0.1, 0.15) is 75.4 Å². The molecule has 0 unspecified atom stereocenters. The Hall–Kier alpha value is -2.83. The summed E-state index contributed by atoms with van der Waals surface area (Å²) in [6.45, 7) is 11.5. The highest BCUT2D eigenvalue weighted by molar-refractivity contribution is 5.92. The second-order valence-corrected chi connectivity index (χ2v) is 10.1. The number of likely N-dealkylation sites (tertiary alicyclic amines) is 2. The first-order chi connectivity index (χ1) is 16.4. The number of nitrogens with zero attached hydrogens (tertiary/aromatic N) is 5. The van der Waals surface area contributed by atoms with Crippen LogP contribution >= 0.6 is 0 Å². The molecular weight excluding hydrogens is 426 g/mol. The lowest BCUT2D eigenvalue weighted by Crippen LogP contribution is -2.44. The number of hydrogen-bond acceptors (Lipinski definition) is 3. The Morgan fingerprint density at radius 3 is 2.32 bits per heavy atom. The van der Waals surface area contributed by atoms with E-state index in [9.17, 15) is 9.59 Å². The van der Waals surface area contributed by atoms with E-state index in [0.717, 1.165) is 61.5 Å². The van der Waals surface area contributed by atoms with Crippen LogP contribution in [0.5, 0.6) is 0 Å². The van der Waals surface area contributed by atoms with E-state index >= 15 is 0 Å². The molecule has 2 aromatic rings. The summed E-state index contributed by atoms with van der Waals surface area (Å²) in [5, 5.41) is 4.46. The highest BCUT2D eigenvalue weighted by Gasteiger charge is 2.30. The van der Waals surface area contributed by atoms with Crippen LogP contribution in [0.2, 0.25) is 0 Å². The molecule has 7 heteroatoms. The molecule has 2 aliphatic heterocycles. The van der Waals surface area contributed by atoms with Crippen molar-refractivity contribution in [1.82, 2.24) is 24.1 Å². The Morgan fingerprint density at radius 2 is 1.68 bits per heavy atom. The maximum atomic E-state index is 12.9. The minimum atomic E-state index is 0.0256. The molecule has 0 spiro atoms. The molecule has 2 aliphatic rings. The van der Waals surface area contributed by atoms with Crippen molar-refractivity contribution in [3.05, 3.63) is 41.4 Å². The van der Waals surface area contributed by atoms with Crippen molar-refractivity contribution >= 4 is 17.9 Å². The number of amides is 2. The summed E-state index contributed by atoms with van der Waals surface area (Å²) >= 11 is 0. The summed E-state index contributed by atoms with van der Waals surface area (Å²) in [6, 6.07) is 4.40. The third kappa shape index (κ3) is 5.13. The van der Waals surface area contributed by atoms with Gasteiger partial charge >= 0.3 is 0 Å². The number of carbonyl (C=O) groups is 2. The molecule has 0 N–H and O–H groups in total. The normalized spacial score (nSPS) is 18.1. The van der Waals surface area contributed by atoms with Gasteiger partial charge in [0.2, 0.25) is 11.8 Å². The van der Waals surface area contributed by atoms with Gasteiger partial charge in [-0.25, -0.2) is 4.68 Å². The monoisotopic (exact) mass is 465 g/mol. The molecule has 0 bridgehead atoms. The maximum absolute atomic E-state index is 12.9. The van der Waals surface area contributed by atoms with Gasteiger partial charge in [0.05, 0.1) is 6.20 Å². The topological polar surface area (TPSA) is 63.4 Å². The Bertz CT molecular complexity index is 1030. The van der Waals surface area contributed by atoms with Crippen molar-refractivity contribution in [1.29, 1.82) is 0 Å². The second kappa shape index (κ2) is 10.6. The third-order valence-electron chi connectivity index (χ3n) is 7.32. The first-order valence-electron chi connectivity index (χ1n) is 12.9. The second-order valence-electron chi connectivity index (χ2n) is 10.1. The van der Waals surface area contributed by atoms with Crippen LogP contribution in [-0.2, 0) is 9.59 Å². The molecule has 0 radical (unpaired) electrons. The molecule has 2 fully saturated rings.